The Hall–Kier alpha value is -3.88. The van der Waals surface area contributed by atoms with E-state index in [1.807, 2.05) is 4.52 Å². The summed E-state index contributed by atoms with van der Waals surface area (Å²) in [7, 11) is 1.47. The number of carbonyl (C=O) groups excluding carboxylic acids is 2. The third-order valence-electron chi connectivity index (χ3n) is 7.94. The highest BCUT2D eigenvalue weighted by atomic mass is 16.6. The summed E-state index contributed by atoms with van der Waals surface area (Å²) in [4.78, 5) is 31.5. The van der Waals surface area contributed by atoms with Gasteiger partial charge in [0, 0.05) is 35.8 Å². The van der Waals surface area contributed by atoms with E-state index in [0.29, 0.717) is 11.8 Å². The van der Waals surface area contributed by atoms with Crippen molar-refractivity contribution in [3.63, 3.8) is 0 Å². The van der Waals surface area contributed by atoms with Gasteiger partial charge in [-0.15, -0.1) is 0 Å². The SMILES string of the molecule is CNC(=O)OCC(=O)NC1CCC(c2ccc3[nH]c(-c4cn5ncnc5c(C)c4C)c(C(C)C)c3c2)CC1. The minimum Gasteiger partial charge on any atom is -0.439 e. The average Bonchev–Trinajstić information content (AvgIpc) is 3.54. The molecule has 0 saturated heterocycles. The van der Waals surface area contributed by atoms with E-state index in [-0.39, 0.29) is 18.6 Å². The number of ether oxygens (including phenoxy) is 1. The summed E-state index contributed by atoms with van der Waals surface area (Å²) in [5.41, 5.74) is 9.34. The van der Waals surface area contributed by atoms with E-state index >= 15 is 0 Å². The molecule has 38 heavy (non-hydrogen) atoms. The largest absolute Gasteiger partial charge is 0.439 e. The van der Waals surface area contributed by atoms with Crippen LogP contribution in [0.5, 0.6) is 0 Å². The van der Waals surface area contributed by atoms with Crippen molar-refractivity contribution in [1.82, 2.24) is 30.2 Å². The first kappa shape index (κ1) is 25.8. The number of hydrogen-bond donors (Lipinski definition) is 3. The number of benzene rings is 1. The van der Waals surface area contributed by atoms with Crippen LogP contribution in [0, 0.1) is 13.8 Å². The third kappa shape index (κ3) is 4.85. The first-order chi connectivity index (χ1) is 18.3. The number of amides is 2. The van der Waals surface area contributed by atoms with E-state index in [1.54, 1.807) is 6.33 Å². The molecule has 1 aliphatic carbocycles. The normalized spacial score (nSPS) is 17.7. The smallest absolute Gasteiger partial charge is 0.407 e. The molecule has 1 fully saturated rings. The van der Waals surface area contributed by atoms with E-state index in [2.05, 4.69) is 77.8 Å². The first-order valence-electron chi connectivity index (χ1n) is 13.4. The molecule has 4 aromatic rings. The van der Waals surface area contributed by atoms with Crippen LogP contribution in [0.15, 0.2) is 30.7 Å². The Morgan fingerprint density at radius 1 is 1.16 bits per heavy atom. The number of alkyl carbamates (subject to hydrolysis) is 1. The van der Waals surface area contributed by atoms with E-state index in [0.717, 1.165) is 53.7 Å². The van der Waals surface area contributed by atoms with Gasteiger partial charge in [-0.25, -0.2) is 14.3 Å². The molecule has 3 N–H and O–H groups in total. The lowest BCUT2D eigenvalue weighted by Gasteiger charge is -2.29. The highest BCUT2D eigenvalue weighted by Crippen LogP contribution is 2.40. The van der Waals surface area contributed by atoms with Crippen molar-refractivity contribution in [2.75, 3.05) is 13.7 Å². The molecule has 0 radical (unpaired) electrons. The Balaban J connectivity index is 1.37. The number of rotatable bonds is 6. The summed E-state index contributed by atoms with van der Waals surface area (Å²) in [5, 5.41) is 11.0. The first-order valence-corrected chi connectivity index (χ1v) is 13.4. The van der Waals surface area contributed by atoms with Crippen molar-refractivity contribution in [1.29, 1.82) is 0 Å². The van der Waals surface area contributed by atoms with Crippen LogP contribution < -0.4 is 10.6 Å². The summed E-state index contributed by atoms with van der Waals surface area (Å²) >= 11 is 0. The Kier molecular flexibility index (Phi) is 7.10. The van der Waals surface area contributed by atoms with Gasteiger partial charge in [-0.3, -0.25) is 4.79 Å². The Morgan fingerprint density at radius 2 is 1.92 bits per heavy atom. The second-order valence-electron chi connectivity index (χ2n) is 10.6. The predicted octanol–water partition coefficient (Wildman–Crippen LogP) is 5.12. The molecule has 0 spiro atoms. The summed E-state index contributed by atoms with van der Waals surface area (Å²) < 4.78 is 6.71. The third-order valence-corrected chi connectivity index (χ3v) is 7.94. The average molecular weight is 517 g/mol. The number of hydrogen-bond acceptors (Lipinski definition) is 5. The van der Waals surface area contributed by atoms with E-state index in [1.165, 1.54) is 29.1 Å². The van der Waals surface area contributed by atoms with Gasteiger partial charge in [0.1, 0.15) is 6.33 Å². The number of nitrogens with one attached hydrogen (secondary N) is 3. The zero-order valence-electron chi connectivity index (χ0n) is 22.7. The van der Waals surface area contributed by atoms with Crippen LogP contribution in [0.3, 0.4) is 0 Å². The summed E-state index contributed by atoms with van der Waals surface area (Å²) in [5.74, 6) is 0.529. The molecule has 9 heteroatoms. The van der Waals surface area contributed by atoms with Crippen LogP contribution in [0.2, 0.25) is 0 Å². The van der Waals surface area contributed by atoms with Gasteiger partial charge < -0.3 is 20.4 Å². The molecule has 0 atom stereocenters. The Morgan fingerprint density at radius 3 is 2.63 bits per heavy atom. The minimum atomic E-state index is -0.600. The van der Waals surface area contributed by atoms with Gasteiger partial charge in [0.15, 0.2) is 12.3 Å². The fourth-order valence-electron chi connectivity index (χ4n) is 5.79. The molecule has 2 amide bonds. The standard InChI is InChI=1S/C29H36N6O3/c1-16(2)26-22-12-20(19-6-9-21(10-7-19)33-25(36)14-38-29(37)30-5)8-11-24(22)34-27(26)23-13-35-28(31-15-32-35)18(4)17(23)3/h8,11-13,15-16,19,21,34H,6-7,9-10,14H2,1-5H3,(H,30,37)(H,33,36). The second kappa shape index (κ2) is 10.5. The van der Waals surface area contributed by atoms with Crippen LogP contribution >= 0.6 is 0 Å². The van der Waals surface area contributed by atoms with Crippen molar-refractivity contribution in [2.45, 2.75) is 71.3 Å². The van der Waals surface area contributed by atoms with E-state index in [4.69, 9.17) is 4.74 Å². The van der Waals surface area contributed by atoms with Crippen molar-refractivity contribution in [2.24, 2.45) is 0 Å². The molecule has 0 aliphatic heterocycles. The molecule has 3 aromatic heterocycles. The van der Waals surface area contributed by atoms with Crippen molar-refractivity contribution in [3.8, 4) is 11.3 Å². The maximum atomic E-state index is 12.1. The number of fused-ring (bicyclic) bond motifs is 2. The van der Waals surface area contributed by atoms with Crippen LogP contribution in [0.4, 0.5) is 4.79 Å². The number of aromatic nitrogens is 4. The predicted molar refractivity (Wildman–Crippen MR) is 147 cm³/mol. The summed E-state index contributed by atoms with van der Waals surface area (Å²) in [6.45, 7) is 8.50. The zero-order valence-corrected chi connectivity index (χ0v) is 22.7. The Labute approximate surface area is 222 Å². The summed E-state index contributed by atoms with van der Waals surface area (Å²) in [6, 6.07) is 6.92. The monoisotopic (exact) mass is 516 g/mol. The number of nitrogens with zero attached hydrogens (tertiary/aromatic N) is 3. The fraction of sp³-hybridized carbons (Fsp3) is 0.448. The molecule has 200 valence electrons. The molecule has 3 heterocycles. The van der Waals surface area contributed by atoms with Crippen LogP contribution in [0.25, 0.3) is 27.8 Å². The highest BCUT2D eigenvalue weighted by molar-refractivity contribution is 5.92. The fourth-order valence-corrected chi connectivity index (χ4v) is 5.79. The van der Waals surface area contributed by atoms with Gasteiger partial charge in [0.25, 0.3) is 5.91 Å². The number of carbonyl (C=O) groups is 2. The van der Waals surface area contributed by atoms with Crippen LogP contribution in [0.1, 0.15) is 73.6 Å². The highest BCUT2D eigenvalue weighted by Gasteiger charge is 2.25. The van der Waals surface area contributed by atoms with Crippen molar-refractivity contribution < 1.29 is 14.3 Å². The van der Waals surface area contributed by atoms with Gasteiger partial charge in [-0.05, 0) is 85.8 Å². The molecular weight excluding hydrogens is 480 g/mol. The lowest BCUT2D eigenvalue weighted by Crippen LogP contribution is -2.40. The lowest BCUT2D eigenvalue weighted by atomic mass is 9.81. The van der Waals surface area contributed by atoms with Crippen LogP contribution in [-0.4, -0.2) is 51.3 Å². The maximum absolute atomic E-state index is 12.1. The van der Waals surface area contributed by atoms with Crippen LogP contribution in [-0.2, 0) is 9.53 Å². The molecule has 0 unspecified atom stereocenters. The van der Waals surface area contributed by atoms with Crippen molar-refractivity contribution >= 4 is 28.6 Å². The van der Waals surface area contributed by atoms with Crippen molar-refractivity contribution in [3.05, 3.63) is 53.0 Å². The Bertz CT molecular complexity index is 1490. The number of pyridine rings is 1. The molecule has 1 saturated carbocycles. The topological polar surface area (TPSA) is 113 Å². The zero-order chi connectivity index (χ0) is 27.0. The quantitative estimate of drug-likeness (QED) is 0.329. The maximum Gasteiger partial charge on any atom is 0.407 e. The lowest BCUT2D eigenvalue weighted by molar-refractivity contribution is -0.124. The second-order valence-corrected chi connectivity index (χ2v) is 10.6. The van der Waals surface area contributed by atoms with E-state index < -0.39 is 6.09 Å². The number of aryl methyl sites for hydroxylation is 1. The summed E-state index contributed by atoms with van der Waals surface area (Å²) in [6.07, 6.45) is 6.89. The molecule has 5 rings (SSSR count). The number of H-pyrrole nitrogens is 1. The van der Waals surface area contributed by atoms with Gasteiger partial charge in [-0.1, -0.05) is 19.9 Å². The molecule has 0 bridgehead atoms. The molecule has 9 nitrogen and oxygen atoms in total. The van der Waals surface area contributed by atoms with Gasteiger partial charge in [0.05, 0.1) is 5.69 Å². The molecule has 1 aliphatic rings. The van der Waals surface area contributed by atoms with Gasteiger partial charge >= 0.3 is 6.09 Å². The minimum absolute atomic E-state index is 0.110. The van der Waals surface area contributed by atoms with Gasteiger partial charge in [0.2, 0.25) is 0 Å². The molecule has 1 aromatic carbocycles. The molecular formula is C29H36N6O3. The number of aromatic amines is 1. The van der Waals surface area contributed by atoms with Gasteiger partial charge in [-0.2, -0.15) is 5.10 Å². The van der Waals surface area contributed by atoms with E-state index in [9.17, 15) is 9.59 Å².